The largest absolute Gasteiger partial charge is 0.493 e. The second-order valence-electron chi connectivity index (χ2n) is 4.54. The van der Waals surface area contributed by atoms with E-state index in [0.29, 0.717) is 0 Å². The number of nitrogens with two attached hydrogens (primary N) is 1. The molecule has 0 atom stereocenters. The van der Waals surface area contributed by atoms with Gasteiger partial charge in [0, 0.05) is 12.6 Å². The van der Waals surface area contributed by atoms with Gasteiger partial charge in [0.05, 0.1) is 26.5 Å². The summed E-state index contributed by atoms with van der Waals surface area (Å²) in [5.41, 5.74) is 2.36. The molecule has 0 fully saturated rings. The lowest BCUT2D eigenvalue weighted by molar-refractivity contribution is -0.670. The Morgan fingerprint density at radius 1 is 1.05 bits per heavy atom. The average molecular weight is 273 g/mol. The lowest BCUT2D eigenvalue weighted by atomic mass is 10.1. The zero-order valence-electron chi connectivity index (χ0n) is 12.0. The molecule has 0 radical (unpaired) electrons. The quantitative estimate of drug-likeness (QED) is 0.776. The van der Waals surface area contributed by atoms with Crippen molar-refractivity contribution < 1.29 is 14.8 Å². The number of pyridine rings is 1. The summed E-state index contributed by atoms with van der Waals surface area (Å²) < 4.78 is 10.5. The summed E-state index contributed by atoms with van der Waals surface area (Å²) in [6.07, 6.45) is 2.82. The van der Waals surface area contributed by atoms with Crippen molar-refractivity contribution in [3.63, 3.8) is 0 Å². The lowest BCUT2D eigenvalue weighted by Gasteiger charge is -2.09. The van der Waals surface area contributed by atoms with Crippen LogP contribution in [0.25, 0.3) is 0 Å². The van der Waals surface area contributed by atoms with Crippen molar-refractivity contribution in [2.45, 2.75) is 13.0 Å². The predicted octanol–water partition coefficient (Wildman–Crippen LogP) is 1.40. The first-order valence-electron chi connectivity index (χ1n) is 6.76. The van der Waals surface area contributed by atoms with Crippen LogP contribution in [-0.4, -0.2) is 25.7 Å². The van der Waals surface area contributed by atoms with E-state index < -0.39 is 0 Å². The molecule has 106 valence electrons. The van der Waals surface area contributed by atoms with Crippen molar-refractivity contribution in [1.82, 2.24) is 4.98 Å². The van der Waals surface area contributed by atoms with E-state index in [4.69, 9.17) is 9.47 Å². The second kappa shape index (κ2) is 7.50. The van der Waals surface area contributed by atoms with Crippen LogP contribution in [0, 0.1) is 0 Å². The zero-order chi connectivity index (χ0) is 14.2. The fraction of sp³-hybridized carbons (Fsp3) is 0.312. The minimum atomic E-state index is 0.772. The SMILES string of the molecule is COc1ccc(CC[NH2+]Cc2ccccn2)cc1OC. The Bertz CT molecular complexity index is 529. The molecule has 1 aromatic carbocycles. The molecular weight excluding hydrogens is 252 g/mol. The van der Waals surface area contributed by atoms with Crippen molar-refractivity contribution in [1.29, 1.82) is 0 Å². The number of hydrogen-bond donors (Lipinski definition) is 1. The molecule has 0 aliphatic heterocycles. The summed E-state index contributed by atoms with van der Waals surface area (Å²) in [6.45, 7) is 1.93. The van der Waals surface area contributed by atoms with Gasteiger partial charge < -0.3 is 14.8 Å². The van der Waals surface area contributed by atoms with E-state index >= 15 is 0 Å². The van der Waals surface area contributed by atoms with Crippen LogP contribution in [0.4, 0.5) is 0 Å². The minimum absolute atomic E-state index is 0.772. The summed E-state index contributed by atoms with van der Waals surface area (Å²) in [5.74, 6) is 1.56. The summed E-state index contributed by atoms with van der Waals surface area (Å²) in [4.78, 5) is 4.31. The van der Waals surface area contributed by atoms with E-state index in [0.717, 1.165) is 36.7 Å². The Hall–Kier alpha value is -2.07. The first-order valence-corrected chi connectivity index (χ1v) is 6.76. The van der Waals surface area contributed by atoms with Crippen LogP contribution in [0.15, 0.2) is 42.6 Å². The van der Waals surface area contributed by atoms with Gasteiger partial charge in [0.1, 0.15) is 6.54 Å². The molecule has 2 N–H and O–H groups in total. The Labute approximate surface area is 119 Å². The maximum atomic E-state index is 5.31. The van der Waals surface area contributed by atoms with Gasteiger partial charge >= 0.3 is 0 Å². The third-order valence-electron chi connectivity index (χ3n) is 3.16. The predicted molar refractivity (Wildman–Crippen MR) is 78.0 cm³/mol. The van der Waals surface area contributed by atoms with E-state index in [1.807, 2.05) is 36.5 Å². The summed E-state index contributed by atoms with van der Waals surface area (Å²) in [7, 11) is 3.31. The molecule has 0 saturated heterocycles. The highest BCUT2D eigenvalue weighted by Crippen LogP contribution is 2.27. The third kappa shape index (κ3) is 3.96. The second-order valence-corrected chi connectivity index (χ2v) is 4.54. The Kier molecular flexibility index (Phi) is 5.38. The molecule has 1 heterocycles. The van der Waals surface area contributed by atoms with Gasteiger partial charge in [-0.1, -0.05) is 12.1 Å². The van der Waals surface area contributed by atoms with E-state index in [2.05, 4.69) is 16.4 Å². The van der Waals surface area contributed by atoms with Crippen LogP contribution in [0.2, 0.25) is 0 Å². The highest BCUT2D eigenvalue weighted by Gasteiger charge is 2.05. The van der Waals surface area contributed by atoms with Crippen molar-refractivity contribution in [3.05, 3.63) is 53.9 Å². The molecule has 0 bridgehead atoms. The van der Waals surface area contributed by atoms with Crippen LogP contribution in [-0.2, 0) is 13.0 Å². The first kappa shape index (κ1) is 14.3. The number of rotatable bonds is 7. The number of hydrogen-bond acceptors (Lipinski definition) is 3. The Balaban J connectivity index is 1.82. The van der Waals surface area contributed by atoms with E-state index in [1.54, 1.807) is 14.2 Å². The van der Waals surface area contributed by atoms with Gasteiger partial charge in [0.25, 0.3) is 0 Å². The van der Waals surface area contributed by atoms with Gasteiger partial charge in [-0.25, -0.2) is 0 Å². The molecule has 20 heavy (non-hydrogen) atoms. The Morgan fingerprint density at radius 2 is 1.90 bits per heavy atom. The average Bonchev–Trinajstić information content (AvgIpc) is 2.52. The van der Waals surface area contributed by atoms with Crippen molar-refractivity contribution in [2.24, 2.45) is 0 Å². The standard InChI is InChI=1S/C16H20N2O2/c1-19-15-7-6-13(11-16(15)20-2)8-10-17-12-14-5-3-4-9-18-14/h3-7,9,11,17H,8,10,12H2,1-2H3/p+1. The van der Waals surface area contributed by atoms with Gasteiger partial charge in [0.15, 0.2) is 11.5 Å². The number of aromatic nitrogens is 1. The molecule has 1 aromatic heterocycles. The van der Waals surface area contributed by atoms with Gasteiger partial charge in [-0.3, -0.25) is 4.98 Å². The van der Waals surface area contributed by atoms with E-state index in [9.17, 15) is 0 Å². The molecule has 4 nitrogen and oxygen atoms in total. The summed E-state index contributed by atoms with van der Waals surface area (Å²) >= 11 is 0. The molecule has 0 saturated carbocycles. The Morgan fingerprint density at radius 3 is 2.60 bits per heavy atom. The molecule has 4 heteroatoms. The topological polar surface area (TPSA) is 48.0 Å². The fourth-order valence-corrected chi connectivity index (χ4v) is 2.07. The third-order valence-corrected chi connectivity index (χ3v) is 3.16. The van der Waals surface area contributed by atoms with Crippen LogP contribution < -0.4 is 14.8 Å². The molecule has 2 rings (SSSR count). The first-order chi connectivity index (χ1) is 9.83. The number of ether oxygens (including phenoxy) is 2. The normalized spacial score (nSPS) is 10.3. The van der Waals surface area contributed by atoms with Gasteiger partial charge in [-0.15, -0.1) is 0 Å². The number of methoxy groups -OCH3 is 2. The fourth-order valence-electron chi connectivity index (χ4n) is 2.07. The van der Waals surface area contributed by atoms with Crippen LogP contribution in [0.1, 0.15) is 11.3 Å². The number of nitrogens with zero attached hydrogens (tertiary/aromatic N) is 1. The molecule has 0 unspecified atom stereocenters. The molecular formula is C16H21N2O2+. The monoisotopic (exact) mass is 273 g/mol. The van der Waals surface area contributed by atoms with Crippen molar-refractivity contribution in [2.75, 3.05) is 20.8 Å². The molecule has 0 amide bonds. The van der Waals surface area contributed by atoms with E-state index in [-0.39, 0.29) is 0 Å². The van der Waals surface area contributed by atoms with Crippen LogP contribution in [0.5, 0.6) is 11.5 Å². The number of benzene rings is 1. The van der Waals surface area contributed by atoms with Crippen LogP contribution >= 0.6 is 0 Å². The van der Waals surface area contributed by atoms with Gasteiger partial charge in [-0.2, -0.15) is 0 Å². The van der Waals surface area contributed by atoms with Gasteiger partial charge in [-0.05, 0) is 29.8 Å². The maximum Gasteiger partial charge on any atom is 0.160 e. The summed E-state index contributed by atoms with van der Waals surface area (Å²) in [6, 6.07) is 12.1. The highest BCUT2D eigenvalue weighted by atomic mass is 16.5. The summed E-state index contributed by atoms with van der Waals surface area (Å²) in [5, 5.41) is 2.26. The number of quaternary nitrogens is 1. The van der Waals surface area contributed by atoms with Gasteiger partial charge in [0.2, 0.25) is 0 Å². The molecule has 0 aliphatic rings. The molecule has 0 aliphatic carbocycles. The zero-order valence-corrected chi connectivity index (χ0v) is 12.0. The smallest absolute Gasteiger partial charge is 0.160 e. The van der Waals surface area contributed by atoms with E-state index in [1.165, 1.54) is 5.56 Å². The minimum Gasteiger partial charge on any atom is -0.493 e. The van der Waals surface area contributed by atoms with Crippen LogP contribution in [0.3, 0.4) is 0 Å². The van der Waals surface area contributed by atoms with Crippen molar-refractivity contribution >= 4 is 0 Å². The molecule has 2 aromatic rings. The molecule has 0 spiro atoms. The lowest BCUT2D eigenvalue weighted by Crippen LogP contribution is -2.83. The van der Waals surface area contributed by atoms with Crippen molar-refractivity contribution in [3.8, 4) is 11.5 Å². The highest BCUT2D eigenvalue weighted by molar-refractivity contribution is 5.42. The maximum absolute atomic E-state index is 5.31.